The zero-order valence-corrected chi connectivity index (χ0v) is 14.3. The first kappa shape index (κ1) is 17.0. The van der Waals surface area contributed by atoms with Crippen LogP contribution in [0.3, 0.4) is 0 Å². The zero-order valence-electron chi connectivity index (χ0n) is 13.5. The van der Waals surface area contributed by atoms with Gasteiger partial charge in [0.15, 0.2) is 5.58 Å². The van der Waals surface area contributed by atoms with Gasteiger partial charge < -0.3 is 14.7 Å². The fourth-order valence-electron chi connectivity index (χ4n) is 2.38. The Hall–Kier alpha value is -2.86. The molecule has 1 aromatic heterocycles. The molecule has 0 radical (unpaired) electrons. The lowest BCUT2D eigenvalue weighted by Gasteiger charge is -2.16. The lowest BCUT2D eigenvalue weighted by atomic mass is 10.1. The number of para-hydroxylation sites is 1. The van der Waals surface area contributed by atoms with E-state index < -0.39 is 0 Å². The highest BCUT2D eigenvalue weighted by Crippen LogP contribution is 2.18. The highest BCUT2D eigenvalue weighted by molar-refractivity contribution is 6.30. The molecule has 7 heteroatoms. The van der Waals surface area contributed by atoms with Gasteiger partial charge in [0, 0.05) is 23.1 Å². The topological polar surface area (TPSA) is 75.4 Å². The Balaban J connectivity index is 1.58. The van der Waals surface area contributed by atoms with E-state index in [1.807, 2.05) is 18.2 Å². The van der Waals surface area contributed by atoms with E-state index >= 15 is 0 Å². The van der Waals surface area contributed by atoms with Crippen molar-refractivity contribution in [1.29, 1.82) is 0 Å². The maximum atomic E-state index is 12.3. The van der Waals surface area contributed by atoms with Gasteiger partial charge in [-0.15, -0.1) is 0 Å². The molecule has 0 saturated carbocycles. The van der Waals surface area contributed by atoms with Crippen LogP contribution in [0.2, 0.25) is 5.02 Å². The van der Waals surface area contributed by atoms with E-state index in [-0.39, 0.29) is 24.8 Å². The molecule has 25 heavy (non-hydrogen) atoms. The standard InChI is InChI=1S/C18H16ClN3O3/c1-22(11-17(23)20-13-8-6-12(19)7-9-13)18(24)10-15-14-4-2-3-5-16(14)25-21-15/h2-9H,10-11H2,1H3,(H,20,23). The Morgan fingerprint density at radius 3 is 2.64 bits per heavy atom. The van der Waals surface area contributed by atoms with Gasteiger partial charge in [-0.2, -0.15) is 0 Å². The van der Waals surface area contributed by atoms with Crippen LogP contribution in [0, 0.1) is 0 Å². The van der Waals surface area contributed by atoms with Crippen molar-refractivity contribution in [2.24, 2.45) is 0 Å². The first-order valence-corrected chi connectivity index (χ1v) is 8.03. The van der Waals surface area contributed by atoms with E-state index in [1.54, 1.807) is 37.4 Å². The second-order valence-electron chi connectivity index (χ2n) is 5.61. The molecule has 3 rings (SSSR count). The second-order valence-corrected chi connectivity index (χ2v) is 6.04. The number of halogens is 1. The monoisotopic (exact) mass is 357 g/mol. The molecule has 0 aliphatic heterocycles. The van der Waals surface area contributed by atoms with Gasteiger partial charge >= 0.3 is 0 Å². The van der Waals surface area contributed by atoms with Gasteiger partial charge in [0.1, 0.15) is 5.69 Å². The van der Waals surface area contributed by atoms with Crippen LogP contribution in [0.1, 0.15) is 5.69 Å². The summed E-state index contributed by atoms with van der Waals surface area (Å²) < 4.78 is 5.19. The number of nitrogens with zero attached hydrogens (tertiary/aromatic N) is 2. The first-order chi connectivity index (χ1) is 12.0. The molecule has 0 atom stereocenters. The number of nitrogens with one attached hydrogen (secondary N) is 1. The molecule has 0 aliphatic rings. The van der Waals surface area contributed by atoms with Crippen molar-refractivity contribution < 1.29 is 14.1 Å². The van der Waals surface area contributed by atoms with Crippen molar-refractivity contribution in [2.75, 3.05) is 18.9 Å². The van der Waals surface area contributed by atoms with Crippen molar-refractivity contribution in [3.05, 3.63) is 59.2 Å². The van der Waals surface area contributed by atoms with Gasteiger partial charge in [-0.1, -0.05) is 28.9 Å². The van der Waals surface area contributed by atoms with Gasteiger partial charge in [0.2, 0.25) is 11.8 Å². The van der Waals surface area contributed by atoms with E-state index in [2.05, 4.69) is 10.5 Å². The lowest BCUT2D eigenvalue weighted by molar-refractivity contribution is -0.132. The summed E-state index contributed by atoms with van der Waals surface area (Å²) in [6.45, 7) is -0.0583. The molecule has 3 aromatic rings. The van der Waals surface area contributed by atoms with Crippen LogP contribution in [-0.2, 0) is 16.0 Å². The predicted octanol–water partition coefficient (Wildman–Crippen LogP) is 3.12. The van der Waals surface area contributed by atoms with Gasteiger partial charge in [-0.05, 0) is 36.4 Å². The number of likely N-dealkylation sites (N-methyl/N-ethyl adjacent to an activating group) is 1. The van der Waals surface area contributed by atoms with Crippen molar-refractivity contribution in [3.8, 4) is 0 Å². The van der Waals surface area contributed by atoms with Crippen LogP contribution in [0.5, 0.6) is 0 Å². The summed E-state index contributed by atoms with van der Waals surface area (Å²) in [5, 5.41) is 8.04. The zero-order chi connectivity index (χ0) is 17.8. The summed E-state index contributed by atoms with van der Waals surface area (Å²) >= 11 is 5.80. The molecule has 2 amide bonds. The predicted molar refractivity (Wildman–Crippen MR) is 95.4 cm³/mol. The van der Waals surface area contributed by atoms with E-state index in [0.29, 0.717) is 22.0 Å². The van der Waals surface area contributed by atoms with Crippen LogP contribution < -0.4 is 5.32 Å². The fourth-order valence-corrected chi connectivity index (χ4v) is 2.51. The minimum atomic E-state index is -0.289. The molecule has 0 aliphatic carbocycles. The largest absolute Gasteiger partial charge is 0.356 e. The van der Waals surface area contributed by atoms with E-state index in [1.165, 1.54) is 4.90 Å². The van der Waals surface area contributed by atoms with Crippen molar-refractivity contribution in [3.63, 3.8) is 0 Å². The Morgan fingerprint density at radius 1 is 1.16 bits per heavy atom. The Morgan fingerprint density at radius 2 is 1.88 bits per heavy atom. The molecule has 0 saturated heterocycles. The molecule has 2 aromatic carbocycles. The molecule has 1 heterocycles. The molecule has 0 spiro atoms. The molecular formula is C18H16ClN3O3. The number of carbonyl (C=O) groups is 2. The molecule has 6 nitrogen and oxygen atoms in total. The average molecular weight is 358 g/mol. The average Bonchev–Trinajstić information content (AvgIpc) is 3.00. The number of hydrogen-bond donors (Lipinski definition) is 1. The Bertz CT molecular complexity index is 905. The summed E-state index contributed by atoms with van der Waals surface area (Å²) in [4.78, 5) is 25.7. The number of aromatic nitrogens is 1. The van der Waals surface area contributed by atoms with Gasteiger partial charge in [0.25, 0.3) is 0 Å². The molecule has 0 bridgehead atoms. The number of hydrogen-bond acceptors (Lipinski definition) is 4. The van der Waals surface area contributed by atoms with Crippen LogP contribution >= 0.6 is 11.6 Å². The van der Waals surface area contributed by atoms with Crippen molar-refractivity contribution >= 4 is 40.1 Å². The van der Waals surface area contributed by atoms with E-state index in [9.17, 15) is 9.59 Å². The number of carbonyl (C=O) groups excluding carboxylic acids is 2. The smallest absolute Gasteiger partial charge is 0.243 e. The maximum Gasteiger partial charge on any atom is 0.243 e. The number of amides is 2. The summed E-state index contributed by atoms with van der Waals surface area (Å²) in [6, 6.07) is 14.1. The number of benzene rings is 2. The lowest BCUT2D eigenvalue weighted by Crippen LogP contribution is -2.35. The summed E-state index contributed by atoms with van der Waals surface area (Å²) in [5.74, 6) is -0.506. The minimum absolute atomic E-state index is 0.0583. The normalized spacial score (nSPS) is 10.6. The second kappa shape index (κ2) is 7.36. The van der Waals surface area contributed by atoms with Crippen LogP contribution in [0.25, 0.3) is 11.0 Å². The number of rotatable bonds is 5. The molecule has 0 unspecified atom stereocenters. The summed E-state index contributed by atoms with van der Waals surface area (Å²) in [7, 11) is 1.58. The molecule has 128 valence electrons. The third kappa shape index (κ3) is 4.16. The quantitative estimate of drug-likeness (QED) is 0.761. The van der Waals surface area contributed by atoms with Gasteiger partial charge in [-0.25, -0.2) is 0 Å². The van der Waals surface area contributed by atoms with Gasteiger partial charge in [0.05, 0.1) is 13.0 Å². The molecule has 1 N–H and O–H groups in total. The van der Waals surface area contributed by atoms with E-state index in [4.69, 9.17) is 16.1 Å². The van der Waals surface area contributed by atoms with Crippen LogP contribution in [0.15, 0.2) is 53.1 Å². The van der Waals surface area contributed by atoms with Gasteiger partial charge in [-0.3, -0.25) is 9.59 Å². The SMILES string of the molecule is CN(CC(=O)Nc1ccc(Cl)cc1)C(=O)Cc1noc2ccccc12. The van der Waals surface area contributed by atoms with Crippen molar-refractivity contribution in [2.45, 2.75) is 6.42 Å². The Labute approximate surface area is 149 Å². The maximum absolute atomic E-state index is 12.3. The van der Waals surface area contributed by atoms with E-state index in [0.717, 1.165) is 5.39 Å². The molecule has 0 fully saturated rings. The number of anilines is 1. The Kier molecular flexibility index (Phi) is 5.00. The minimum Gasteiger partial charge on any atom is -0.356 e. The van der Waals surface area contributed by atoms with Crippen LogP contribution in [-0.4, -0.2) is 35.5 Å². The fraction of sp³-hybridized carbons (Fsp3) is 0.167. The highest BCUT2D eigenvalue weighted by Gasteiger charge is 2.17. The summed E-state index contributed by atoms with van der Waals surface area (Å²) in [6.07, 6.45) is 0.0712. The third-order valence-corrected chi connectivity index (χ3v) is 3.96. The summed E-state index contributed by atoms with van der Waals surface area (Å²) in [5.41, 5.74) is 1.82. The van der Waals surface area contributed by atoms with Crippen LogP contribution in [0.4, 0.5) is 5.69 Å². The highest BCUT2D eigenvalue weighted by atomic mass is 35.5. The number of fused-ring (bicyclic) bond motifs is 1. The first-order valence-electron chi connectivity index (χ1n) is 7.65. The molecular weight excluding hydrogens is 342 g/mol. The third-order valence-electron chi connectivity index (χ3n) is 3.71. The van der Waals surface area contributed by atoms with Crippen molar-refractivity contribution in [1.82, 2.24) is 10.1 Å².